The van der Waals surface area contributed by atoms with E-state index in [-0.39, 0.29) is 0 Å². The van der Waals surface area contributed by atoms with Crippen molar-refractivity contribution in [3.05, 3.63) is 29.8 Å². The summed E-state index contributed by atoms with van der Waals surface area (Å²) in [5.74, 6) is 0. The monoisotopic (exact) mass is 248 g/mol. The van der Waals surface area contributed by atoms with E-state index in [1.165, 1.54) is 30.5 Å². The quantitative estimate of drug-likeness (QED) is 0.863. The molecule has 1 aliphatic heterocycles. The van der Waals surface area contributed by atoms with Crippen LogP contribution in [0.15, 0.2) is 24.3 Å². The lowest BCUT2D eigenvalue weighted by Gasteiger charge is -2.33. The van der Waals surface area contributed by atoms with Gasteiger partial charge in [-0.25, -0.2) is 0 Å². The number of benzene rings is 1. The zero-order chi connectivity index (χ0) is 12.8. The van der Waals surface area contributed by atoms with E-state index >= 15 is 0 Å². The molecule has 1 heterocycles. The number of hydrogen-bond donors (Lipinski definition) is 1. The lowest BCUT2D eigenvalue weighted by Crippen LogP contribution is -2.45. The minimum atomic E-state index is 0.416. The lowest BCUT2D eigenvalue weighted by atomic mass is 10.1. The Morgan fingerprint density at radius 2 is 2.17 bits per heavy atom. The molecule has 0 amide bonds. The number of anilines is 1. The van der Waals surface area contributed by atoms with Gasteiger partial charge in [-0.2, -0.15) is 0 Å². The summed E-state index contributed by atoms with van der Waals surface area (Å²) < 4.78 is 5.38. The Hall–Kier alpha value is -1.06. The van der Waals surface area contributed by atoms with E-state index in [1.54, 1.807) is 7.11 Å². The van der Waals surface area contributed by atoms with Crippen molar-refractivity contribution in [2.75, 3.05) is 38.8 Å². The second-order valence-corrected chi connectivity index (χ2v) is 4.95. The highest BCUT2D eigenvalue weighted by atomic mass is 16.5. The molecule has 0 saturated heterocycles. The van der Waals surface area contributed by atoms with E-state index in [2.05, 4.69) is 34.5 Å². The first kappa shape index (κ1) is 13.4. The average molecular weight is 248 g/mol. The Morgan fingerprint density at radius 3 is 2.94 bits per heavy atom. The highest BCUT2D eigenvalue weighted by Crippen LogP contribution is 2.27. The number of nitrogens with one attached hydrogen (secondary N) is 1. The van der Waals surface area contributed by atoms with Crippen molar-refractivity contribution >= 4 is 5.69 Å². The molecule has 1 N–H and O–H groups in total. The molecule has 0 bridgehead atoms. The fourth-order valence-corrected chi connectivity index (χ4v) is 2.79. The molecular weight excluding hydrogens is 224 g/mol. The third kappa shape index (κ3) is 3.03. The first-order valence-corrected chi connectivity index (χ1v) is 6.85. The van der Waals surface area contributed by atoms with Crippen molar-refractivity contribution in [2.45, 2.75) is 25.3 Å². The van der Waals surface area contributed by atoms with Gasteiger partial charge in [0.1, 0.15) is 0 Å². The smallest absolute Gasteiger partial charge is 0.0678 e. The maximum atomic E-state index is 5.38. The van der Waals surface area contributed by atoms with E-state index in [9.17, 15) is 0 Å². The molecule has 0 fully saturated rings. The maximum absolute atomic E-state index is 5.38. The standard InChI is InChI=1S/C15H24N2O/c1-16-11-14(12-18-2)17-10-6-5-8-13-7-3-4-9-15(13)17/h3-4,7,9,14,16H,5-6,8,10-12H2,1-2H3. The zero-order valence-electron chi connectivity index (χ0n) is 11.5. The molecule has 1 aromatic carbocycles. The Kier molecular flexibility index (Phi) is 5.02. The van der Waals surface area contributed by atoms with Crippen molar-refractivity contribution < 1.29 is 4.74 Å². The van der Waals surface area contributed by atoms with E-state index in [4.69, 9.17) is 4.74 Å². The summed E-state index contributed by atoms with van der Waals surface area (Å²) in [6.07, 6.45) is 3.75. The van der Waals surface area contributed by atoms with Gasteiger partial charge >= 0.3 is 0 Å². The van der Waals surface area contributed by atoms with Crippen molar-refractivity contribution in [3.8, 4) is 0 Å². The van der Waals surface area contributed by atoms with Gasteiger partial charge in [0.05, 0.1) is 12.6 Å². The summed E-state index contributed by atoms with van der Waals surface area (Å²) in [4.78, 5) is 2.52. The van der Waals surface area contributed by atoms with Crippen molar-refractivity contribution in [2.24, 2.45) is 0 Å². The normalized spacial score (nSPS) is 17.1. The highest BCUT2D eigenvalue weighted by molar-refractivity contribution is 5.55. The largest absolute Gasteiger partial charge is 0.383 e. The van der Waals surface area contributed by atoms with Gasteiger partial charge in [0, 0.05) is 25.9 Å². The summed E-state index contributed by atoms with van der Waals surface area (Å²) in [7, 11) is 3.79. The van der Waals surface area contributed by atoms with Gasteiger partial charge < -0.3 is 15.0 Å². The molecule has 0 radical (unpaired) electrons. The van der Waals surface area contributed by atoms with Crippen molar-refractivity contribution in [1.82, 2.24) is 5.32 Å². The minimum absolute atomic E-state index is 0.416. The number of hydrogen-bond acceptors (Lipinski definition) is 3. The van der Waals surface area contributed by atoms with Crippen LogP contribution < -0.4 is 10.2 Å². The van der Waals surface area contributed by atoms with E-state index < -0.39 is 0 Å². The lowest BCUT2D eigenvalue weighted by molar-refractivity contribution is 0.176. The molecule has 2 rings (SSSR count). The van der Waals surface area contributed by atoms with Crippen molar-refractivity contribution in [3.63, 3.8) is 0 Å². The van der Waals surface area contributed by atoms with Crippen LogP contribution in [-0.4, -0.2) is 39.9 Å². The van der Waals surface area contributed by atoms with Gasteiger partial charge in [0.25, 0.3) is 0 Å². The summed E-state index contributed by atoms with van der Waals surface area (Å²) in [5, 5.41) is 3.28. The predicted octanol–water partition coefficient (Wildman–Crippen LogP) is 2.06. The van der Waals surface area contributed by atoms with Gasteiger partial charge in [-0.3, -0.25) is 0 Å². The van der Waals surface area contributed by atoms with E-state index in [1.807, 2.05) is 7.05 Å². The molecule has 1 aliphatic rings. The summed E-state index contributed by atoms with van der Waals surface area (Å²) in [6.45, 7) is 2.87. The molecule has 3 heteroatoms. The Morgan fingerprint density at radius 1 is 1.33 bits per heavy atom. The number of aryl methyl sites for hydroxylation is 1. The molecule has 18 heavy (non-hydrogen) atoms. The first-order chi connectivity index (χ1) is 8.86. The maximum Gasteiger partial charge on any atom is 0.0678 e. The van der Waals surface area contributed by atoms with Gasteiger partial charge in [-0.05, 0) is 37.9 Å². The third-order valence-electron chi connectivity index (χ3n) is 3.64. The number of likely N-dealkylation sites (N-methyl/N-ethyl adjacent to an activating group) is 1. The van der Waals surface area contributed by atoms with Crippen LogP contribution in [0.1, 0.15) is 18.4 Å². The molecule has 1 atom stereocenters. The van der Waals surface area contributed by atoms with Crippen LogP contribution in [0.4, 0.5) is 5.69 Å². The van der Waals surface area contributed by atoms with Gasteiger partial charge in [-0.1, -0.05) is 18.2 Å². The zero-order valence-corrected chi connectivity index (χ0v) is 11.5. The van der Waals surface area contributed by atoms with Crippen LogP contribution in [0.2, 0.25) is 0 Å². The van der Waals surface area contributed by atoms with Gasteiger partial charge in [0.2, 0.25) is 0 Å². The number of nitrogens with zero attached hydrogens (tertiary/aromatic N) is 1. The van der Waals surface area contributed by atoms with E-state index in [0.29, 0.717) is 6.04 Å². The predicted molar refractivity (Wildman–Crippen MR) is 76.3 cm³/mol. The number of ether oxygens (including phenoxy) is 1. The average Bonchev–Trinajstić information content (AvgIpc) is 2.61. The van der Waals surface area contributed by atoms with Crippen LogP contribution in [0.3, 0.4) is 0 Å². The number of para-hydroxylation sites is 1. The molecule has 1 unspecified atom stereocenters. The SMILES string of the molecule is CNCC(COC)N1CCCCc2ccccc21. The van der Waals surface area contributed by atoms with Crippen LogP contribution in [-0.2, 0) is 11.2 Å². The van der Waals surface area contributed by atoms with Crippen LogP contribution in [0.25, 0.3) is 0 Å². The van der Waals surface area contributed by atoms with Gasteiger partial charge in [-0.15, -0.1) is 0 Å². The van der Waals surface area contributed by atoms with Crippen LogP contribution >= 0.6 is 0 Å². The summed E-state index contributed by atoms with van der Waals surface area (Å²) in [6, 6.07) is 9.21. The molecule has 0 saturated carbocycles. The Labute approximate surface area is 110 Å². The third-order valence-corrected chi connectivity index (χ3v) is 3.64. The summed E-state index contributed by atoms with van der Waals surface area (Å²) >= 11 is 0. The molecule has 0 aliphatic carbocycles. The molecular formula is C15H24N2O. The fraction of sp³-hybridized carbons (Fsp3) is 0.600. The Bertz CT molecular complexity index is 361. The van der Waals surface area contributed by atoms with Crippen molar-refractivity contribution in [1.29, 1.82) is 0 Å². The van der Waals surface area contributed by atoms with Crippen LogP contribution in [0.5, 0.6) is 0 Å². The second kappa shape index (κ2) is 6.76. The second-order valence-electron chi connectivity index (χ2n) is 4.95. The molecule has 3 nitrogen and oxygen atoms in total. The van der Waals surface area contributed by atoms with E-state index in [0.717, 1.165) is 19.7 Å². The minimum Gasteiger partial charge on any atom is -0.383 e. The first-order valence-electron chi connectivity index (χ1n) is 6.85. The van der Waals surface area contributed by atoms with Gasteiger partial charge in [0.15, 0.2) is 0 Å². The Balaban J connectivity index is 2.24. The molecule has 0 spiro atoms. The molecule has 100 valence electrons. The highest BCUT2D eigenvalue weighted by Gasteiger charge is 2.22. The summed E-state index contributed by atoms with van der Waals surface area (Å²) in [5.41, 5.74) is 2.87. The number of rotatable bonds is 5. The molecule has 1 aromatic rings. The number of fused-ring (bicyclic) bond motifs is 1. The topological polar surface area (TPSA) is 24.5 Å². The number of methoxy groups -OCH3 is 1. The van der Waals surface area contributed by atoms with Crippen LogP contribution in [0, 0.1) is 0 Å². The fourth-order valence-electron chi connectivity index (χ4n) is 2.79. The molecule has 0 aromatic heterocycles.